The van der Waals surface area contributed by atoms with Crippen LogP contribution in [0.1, 0.15) is 31.3 Å². The number of hydrogen-bond donors (Lipinski definition) is 1. The van der Waals surface area contributed by atoms with E-state index >= 15 is 0 Å². The van der Waals surface area contributed by atoms with Crippen LogP contribution in [-0.2, 0) is 6.54 Å². The highest BCUT2D eigenvalue weighted by Crippen LogP contribution is 2.32. The highest BCUT2D eigenvalue weighted by molar-refractivity contribution is 7.99. The summed E-state index contributed by atoms with van der Waals surface area (Å²) < 4.78 is 1.71. The predicted octanol–water partition coefficient (Wildman–Crippen LogP) is 3.90. The summed E-state index contributed by atoms with van der Waals surface area (Å²) in [6.07, 6.45) is 0.826. The monoisotopic (exact) mass is 392 g/mol. The molecular formula is C21H20N4O2S. The van der Waals surface area contributed by atoms with E-state index in [4.69, 9.17) is 4.98 Å². The summed E-state index contributed by atoms with van der Waals surface area (Å²) in [5.41, 5.74) is 1.13. The van der Waals surface area contributed by atoms with E-state index in [2.05, 4.69) is 9.97 Å². The van der Waals surface area contributed by atoms with Crippen molar-refractivity contribution in [2.24, 2.45) is 0 Å². The van der Waals surface area contributed by atoms with Crippen LogP contribution in [-0.4, -0.2) is 19.5 Å². The van der Waals surface area contributed by atoms with Crippen molar-refractivity contribution in [3.63, 3.8) is 0 Å². The van der Waals surface area contributed by atoms with Crippen LogP contribution in [0.3, 0.4) is 0 Å². The molecule has 1 atom stereocenters. The van der Waals surface area contributed by atoms with Gasteiger partial charge >= 0.3 is 0 Å². The maximum Gasteiger partial charge on any atom is 0.262 e. The summed E-state index contributed by atoms with van der Waals surface area (Å²) in [6.45, 7) is 4.57. The molecule has 2 aromatic heterocycles. The number of hydrogen-bond acceptors (Lipinski definition) is 5. The van der Waals surface area contributed by atoms with Crippen molar-refractivity contribution in [2.45, 2.75) is 37.2 Å². The van der Waals surface area contributed by atoms with Gasteiger partial charge in [-0.1, -0.05) is 43.0 Å². The Bertz CT molecular complexity index is 1280. The standard InChI is InChI=1S/C21H20N4O2S/c1-3-12-25-20(27)15-9-5-7-11-17(15)23-21(25)28-13(2)18-22-16-10-6-4-8-14(16)19(26)24-18/h4-11,13H,3,12H2,1-2H3,(H,22,24,26)/t13-/m0/s1. The van der Waals surface area contributed by atoms with Gasteiger partial charge in [0.05, 0.1) is 27.1 Å². The van der Waals surface area contributed by atoms with Crippen LogP contribution in [0.15, 0.2) is 63.3 Å². The molecule has 0 fully saturated rings. The lowest BCUT2D eigenvalue weighted by atomic mass is 10.2. The molecule has 28 heavy (non-hydrogen) atoms. The molecule has 0 bridgehead atoms. The lowest BCUT2D eigenvalue weighted by Gasteiger charge is -2.15. The van der Waals surface area contributed by atoms with Gasteiger partial charge in [-0.15, -0.1) is 0 Å². The summed E-state index contributed by atoms with van der Waals surface area (Å²) >= 11 is 1.43. The number of rotatable bonds is 5. The molecule has 0 radical (unpaired) electrons. The molecule has 142 valence electrons. The molecule has 0 aliphatic heterocycles. The van der Waals surface area contributed by atoms with Gasteiger partial charge in [0.25, 0.3) is 11.1 Å². The lowest BCUT2D eigenvalue weighted by molar-refractivity contribution is 0.583. The van der Waals surface area contributed by atoms with E-state index in [9.17, 15) is 9.59 Å². The third kappa shape index (κ3) is 3.33. The zero-order valence-corrected chi connectivity index (χ0v) is 16.5. The number of H-pyrrole nitrogens is 1. The number of nitrogens with one attached hydrogen (secondary N) is 1. The van der Waals surface area contributed by atoms with E-state index in [0.29, 0.717) is 39.3 Å². The number of fused-ring (bicyclic) bond motifs is 2. The molecule has 7 heteroatoms. The fraction of sp³-hybridized carbons (Fsp3) is 0.238. The molecule has 2 aromatic carbocycles. The number of aromatic amines is 1. The van der Waals surface area contributed by atoms with Crippen LogP contribution in [0.2, 0.25) is 0 Å². The van der Waals surface area contributed by atoms with Crippen molar-refractivity contribution in [2.75, 3.05) is 0 Å². The van der Waals surface area contributed by atoms with Crippen LogP contribution < -0.4 is 11.1 Å². The Hall–Kier alpha value is -2.93. The number of aromatic nitrogens is 4. The summed E-state index contributed by atoms with van der Waals surface area (Å²) in [5.74, 6) is 0.569. The van der Waals surface area contributed by atoms with Gasteiger partial charge in [-0.2, -0.15) is 0 Å². The highest BCUT2D eigenvalue weighted by Gasteiger charge is 2.17. The van der Waals surface area contributed by atoms with Gasteiger partial charge < -0.3 is 4.98 Å². The van der Waals surface area contributed by atoms with Crippen molar-refractivity contribution in [1.82, 2.24) is 19.5 Å². The van der Waals surface area contributed by atoms with Crippen LogP contribution in [0.5, 0.6) is 0 Å². The molecule has 2 heterocycles. The van der Waals surface area contributed by atoms with Crippen molar-refractivity contribution in [3.8, 4) is 0 Å². The Kier molecular flexibility index (Phi) is 5.00. The molecule has 0 unspecified atom stereocenters. The second kappa shape index (κ2) is 7.59. The Morgan fingerprint density at radius 1 is 1.00 bits per heavy atom. The predicted molar refractivity (Wildman–Crippen MR) is 113 cm³/mol. The molecule has 0 spiro atoms. The number of nitrogens with zero attached hydrogens (tertiary/aromatic N) is 3. The van der Waals surface area contributed by atoms with Crippen LogP contribution in [0.4, 0.5) is 0 Å². The summed E-state index contributed by atoms with van der Waals surface area (Å²) in [5, 5.41) is 1.64. The molecular weight excluding hydrogens is 372 g/mol. The smallest absolute Gasteiger partial charge is 0.262 e. The Balaban J connectivity index is 1.78. The summed E-state index contributed by atoms with van der Waals surface area (Å²) in [7, 11) is 0. The largest absolute Gasteiger partial charge is 0.309 e. The van der Waals surface area contributed by atoms with Crippen LogP contribution in [0.25, 0.3) is 21.8 Å². The Morgan fingerprint density at radius 3 is 2.36 bits per heavy atom. The van der Waals surface area contributed by atoms with Gasteiger partial charge in [0.2, 0.25) is 0 Å². The van der Waals surface area contributed by atoms with Gasteiger partial charge in [0.15, 0.2) is 5.16 Å². The van der Waals surface area contributed by atoms with Gasteiger partial charge in [-0.25, -0.2) is 9.97 Å². The minimum atomic E-state index is -0.173. The Morgan fingerprint density at radius 2 is 1.64 bits per heavy atom. The van der Waals surface area contributed by atoms with E-state index in [1.807, 2.05) is 50.2 Å². The van der Waals surface area contributed by atoms with E-state index in [1.54, 1.807) is 16.7 Å². The van der Waals surface area contributed by atoms with E-state index < -0.39 is 0 Å². The van der Waals surface area contributed by atoms with Crippen molar-refractivity contribution in [1.29, 1.82) is 0 Å². The maximum atomic E-state index is 12.9. The van der Waals surface area contributed by atoms with E-state index in [-0.39, 0.29) is 16.4 Å². The average Bonchev–Trinajstić information content (AvgIpc) is 2.71. The van der Waals surface area contributed by atoms with Crippen LogP contribution in [0, 0.1) is 0 Å². The van der Waals surface area contributed by atoms with Crippen molar-refractivity contribution < 1.29 is 0 Å². The molecule has 4 aromatic rings. The molecule has 0 saturated heterocycles. The second-order valence-corrected chi connectivity index (χ2v) is 7.90. The molecule has 4 rings (SSSR count). The lowest BCUT2D eigenvalue weighted by Crippen LogP contribution is -2.23. The third-order valence-electron chi connectivity index (χ3n) is 4.57. The van der Waals surface area contributed by atoms with E-state index in [1.165, 1.54) is 11.8 Å². The van der Waals surface area contributed by atoms with Gasteiger partial charge in [-0.3, -0.25) is 14.2 Å². The maximum absolute atomic E-state index is 12.9. The normalized spacial score (nSPS) is 12.5. The first-order valence-corrected chi connectivity index (χ1v) is 10.1. The van der Waals surface area contributed by atoms with E-state index in [0.717, 1.165) is 6.42 Å². The van der Waals surface area contributed by atoms with Crippen molar-refractivity contribution >= 4 is 33.6 Å². The second-order valence-electron chi connectivity index (χ2n) is 6.60. The SMILES string of the molecule is CCCn1c(S[C@@H](C)c2nc3ccccc3c(=O)[nH]2)nc2ccccc2c1=O. The summed E-state index contributed by atoms with van der Waals surface area (Å²) in [6, 6.07) is 14.6. The van der Waals surface area contributed by atoms with Gasteiger partial charge in [-0.05, 0) is 37.6 Å². The molecule has 0 amide bonds. The van der Waals surface area contributed by atoms with Gasteiger partial charge in [0, 0.05) is 6.54 Å². The fourth-order valence-corrected chi connectivity index (χ4v) is 4.16. The minimum Gasteiger partial charge on any atom is -0.309 e. The average molecular weight is 392 g/mol. The Labute approximate surface area is 165 Å². The summed E-state index contributed by atoms with van der Waals surface area (Å²) in [4.78, 5) is 37.5. The first-order chi connectivity index (χ1) is 13.6. The zero-order chi connectivity index (χ0) is 19.7. The third-order valence-corrected chi connectivity index (χ3v) is 5.67. The topological polar surface area (TPSA) is 80.6 Å². The van der Waals surface area contributed by atoms with Gasteiger partial charge in [0.1, 0.15) is 5.82 Å². The molecule has 6 nitrogen and oxygen atoms in total. The highest BCUT2D eigenvalue weighted by atomic mass is 32.2. The molecule has 0 aliphatic carbocycles. The number of benzene rings is 2. The minimum absolute atomic E-state index is 0.0397. The fourth-order valence-electron chi connectivity index (χ4n) is 3.17. The number of para-hydroxylation sites is 2. The first kappa shape index (κ1) is 18.4. The molecule has 1 N–H and O–H groups in total. The zero-order valence-electron chi connectivity index (χ0n) is 15.7. The molecule has 0 aliphatic rings. The quantitative estimate of drug-likeness (QED) is 0.412. The number of thioether (sulfide) groups is 1. The molecule has 0 saturated carbocycles. The first-order valence-electron chi connectivity index (χ1n) is 9.23. The van der Waals surface area contributed by atoms with Crippen LogP contribution >= 0.6 is 11.8 Å². The van der Waals surface area contributed by atoms with Crippen molar-refractivity contribution in [3.05, 3.63) is 75.1 Å².